The summed E-state index contributed by atoms with van der Waals surface area (Å²) in [4.78, 5) is 73.0. The van der Waals surface area contributed by atoms with Gasteiger partial charge in [0, 0.05) is 31.9 Å². The van der Waals surface area contributed by atoms with Crippen LogP contribution in [-0.4, -0.2) is 106 Å². The summed E-state index contributed by atoms with van der Waals surface area (Å²) in [5.41, 5.74) is 5.93. The van der Waals surface area contributed by atoms with Gasteiger partial charge in [0.2, 0.25) is 11.8 Å². The highest BCUT2D eigenvalue weighted by atomic mass is 16.5. The first-order valence-electron chi connectivity index (χ1n) is 22.9. The normalized spacial score (nSPS) is 20.5. The molecule has 15 heteroatoms. The van der Waals surface area contributed by atoms with Crippen LogP contribution in [0.4, 0.5) is 9.59 Å². The fourth-order valence-corrected chi connectivity index (χ4v) is 10.4. The number of hydrogen-bond donors (Lipinski definition) is 4. The Bertz CT molecular complexity index is 2450. The van der Waals surface area contributed by atoms with Crippen molar-refractivity contribution < 1.29 is 33.4 Å². The van der Waals surface area contributed by atoms with Gasteiger partial charge in [0.05, 0.1) is 50.1 Å². The van der Waals surface area contributed by atoms with Crippen molar-refractivity contribution >= 4 is 34.8 Å². The van der Waals surface area contributed by atoms with Crippen LogP contribution in [0.1, 0.15) is 94.4 Å². The zero-order valence-electron chi connectivity index (χ0n) is 36.6. The Balaban J connectivity index is 0.862. The van der Waals surface area contributed by atoms with Crippen molar-refractivity contribution in [2.24, 2.45) is 11.8 Å². The van der Waals surface area contributed by atoms with Crippen LogP contribution in [0.25, 0.3) is 44.4 Å². The van der Waals surface area contributed by atoms with E-state index in [4.69, 9.17) is 24.2 Å². The number of aromatic nitrogens is 4. The van der Waals surface area contributed by atoms with Gasteiger partial charge in [0.15, 0.2) is 0 Å². The molecule has 3 aromatic carbocycles. The number of H-pyrrole nitrogens is 2. The molecular formula is C49H58N8O7. The maximum absolute atomic E-state index is 14.1. The first kappa shape index (κ1) is 43.1. The number of imidazole rings is 2. The molecule has 3 aliphatic heterocycles. The molecule has 5 heterocycles. The Morgan fingerprint density at radius 1 is 0.594 bits per heavy atom. The van der Waals surface area contributed by atoms with E-state index >= 15 is 0 Å². The molecule has 4 unspecified atom stereocenters. The summed E-state index contributed by atoms with van der Waals surface area (Å²) in [6.07, 6.45) is 12.3. The standard InChI is InChI=1S/C49H58N8O7/c1-62-48(60)54-42(32-8-4-3-5-9-32)46(58)56-22-7-11-41(56)45-51-29-39(53-45)37-19-18-35-26-34(16-17-36(35)27-37)30-12-14-31(15-13-30)38-28-50-44(52-38)40-10-6-23-57(40)47(59)43(55-49(61)63-2)33-20-24-64-25-21-33/h12-19,26-29,32-33,40-43H,3-11,20-25H2,1-2H3,(H,50,52)(H,51,53)(H,54,60)(H,55,61). The molecule has 9 rings (SSSR count). The van der Waals surface area contributed by atoms with Crippen molar-refractivity contribution in [3.8, 4) is 33.6 Å². The Hall–Kier alpha value is -6.22. The van der Waals surface area contributed by atoms with Crippen LogP contribution in [-0.2, 0) is 23.8 Å². The lowest BCUT2D eigenvalue weighted by molar-refractivity contribution is -0.137. The highest BCUT2D eigenvalue weighted by Crippen LogP contribution is 2.37. The van der Waals surface area contributed by atoms with Gasteiger partial charge in [-0.05, 0) is 103 Å². The van der Waals surface area contributed by atoms with Crippen molar-refractivity contribution in [3.05, 3.63) is 84.7 Å². The van der Waals surface area contributed by atoms with Gasteiger partial charge in [-0.15, -0.1) is 0 Å². The minimum absolute atomic E-state index is 0.0257. The van der Waals surface area contributed by atoms with E-state index in [9.17, 15) is 19.2 Å². The molecule has 4 N–H and O–H groups in total. The number of rotatable bonds is 11. The van der Waals surface area contributed by atoms with Crippen molar-refractivity contribution in [3.63, 3.8) is 0 Å². The monoisotopic (exact) mass is 870 g/mol. The molecule has 0 bridgehead atoms. The second kappa shape index (κ2) is 19.3. The lowest BCUT2D eigenvalue weighted by atomic mass is 9.83. The molecule has 336 valence electrons. The lowest BCUT2D eigenvalue weighted by Crippen LogP contribution is -2.53. The molecule has 3 saturated heterocycles. The molecule has 4 fully saturated rings. The Morgan fingerprint density at radius 3 is 1.61 bits per heavy atom. The summed E-state index contributed by atoms with van der Waals surface area (Å²) in [6.45, 7) is 2.34. The first-order valence-corrected chi connectivity index (χ1v) is 22.9. The Morgan fingerprint density at radius 2 is 1.06 bits per heavy atom. The molecule has 0 spiro atoms. The predicted molar refractivity (Wildman–Crippen MR) is 241 cm³/mol. The molecule has 4 aliphatic rings. The molecule has 15 nitrogen and oxygen atoms in total. The summed E-state index contributed by atoms with van der Waals surface area (Å²) in [7, 11) is 2.65. The van der Waals surface area contributed by atoms with Gasteiger partial charge >= 0.3 is 12.2 Å². The molecule has 0 radical (unpaired) electrons. The summed E-state index contributed by atoms with van der Waals surface area (Å²) >= 11 is 0. The minimum Gasteiger partial charge on any atom is -0.453 e. The van der Waals surface area contributed by atoms with Crippen molar-refractivity contribution in [2.75, 3.05) is 40.5 Å². The Kier molecular flexibility index (Phi) is 13.0. The number of nitrogens with one attached hydrogen (secondary N) is 4. The molecule has 5 aromatic rings. The number of benzene rings is 3. The fourth-order valence-electron chi connectivity index (χ4n) is 10.4. The number of nitrogens with zero attached hydrogens (tertiary/aromatic N) is 4. The SMILES string of the molecule is COC(=O)NC(C(=O)N1CCCC1c1ncc(-c2ccc3cc(-c4ccc(-c5cnc(C6CCCN6C(=O)C(NC(=O)OC)C6CCOCC6)[nH]5)cc4)ccc3c2)[nH]1)C1CCCCC1. The molecule has 1 saturated carbocycles. The third-order valence-electron chi connectivity index (χ3n) is 13.9. The van der Waals surface area contributed by atoms with E-state index in [2.05, 4.69) is 81.3 Å². The van der Waals surface area contributed by atoms with Gasteiger partial charge in [-0.2, -0.15) is 0 Å². The maximum atomic E-state index is 14.1. The number of aromatic amines is 2. The van der Waals surface area contributed by atoms with E-state index in [0.29, 0.717) is 39.1 Å². The van der Waals surface area contributed by atoms with Gasteiger partial charge in [0.25, 0.3) is 0 Å². The van der Waals surface area contributed by atoms with Gasteiger partial charge in [0.1, 0.15) is 23.7 Å². The van der Waals surface area contributed by atoms with Gasteiger partial charge in [-0.3, -0.25) is 9.59 Å². The highest BCUT2D eigenvalue weighted by Gasteiger charge is 2.41. The lowest BCUT2D eigenvalue weighted by Gasteiger charge is -2.34. The second-order valence-corrected chi connectivity index (χ2v) is 17.7. The zero-order chi connectivity index (χ0) is 44.2. The van der Waals surface area contributed by atoms with Crippen molar-refractivity contribution in [2.45, 2.75) is 94.8 Å². The van der Waals surface area contributed by atoms with E-state index < -0.39 is 24.3 Å². The number of carbonyl (C=O) groups excluding carboxylic acids is 4. The van der Waals surface area contributed by atoms with Gasteiger partial charge < -0.3 is 44.6 Å². The number of carbonyl (C=O) groups is 4. The topological polar surface area (TPSA) is 184 Å². The number of hydrogen-bond acceptors (Lipinski definition) is 9. The van der Waals surface area contributed by atoms with Crippen LogP contribution >= 0.6 is 0 Å². The maximum Gasteiger partial charge on any atom is 0.407 e. The Labute approximate surface area is 373 Å². The summed E-state index contributed by atoms with van der Waals surface area (Å²) in [5, 5.41) is 7.90. The first-order chi connectivity index (χ1) is 31.3. The van der Waals surface area contributed by atoms with Gasteiger partial charge in [-0.25, -0.2) is 19.6 Å². The average molecular weight is 871 g/mol. The number of methoxy groups -OCH3 is 2. The smallest absolute Gasteiger partial charge is 0.407 e. The molecule has 1 aliphatic carbocycles. The summed E-state index contributed by atoms with van der Waals surface area (Å²) in [5.74, 6) is 1.39. The fraction of sp³-hybridized carbons (Fsp3) is 0.469. The minimum atomic E-state index is -0.682. The van der Waals surface area contributed by atoms with Crippen molar-refractivity contribution in [1.29, 1.82) is 0 Å². The third kappa shape index (κ3) is 9.08. The van der Waals surface area contributed by atoms with Gasteiger partial charge in [-0.1, -0.05) is 67.8 Å². The predicted octanol–water partition coefficient (Wildman–Crippen LogP) is 8.07. The van der Waals surface area contributed by atoms with Crippen LogP contribution in [0, 0.1) is 11.8 Å². The largest absolute Gasteiger partial charge is 0.453 e. The van der Waals surface area contributed by atoms with Crippen LogP contribution in [0.15, 0.2) is 73.1 Å². The quantitative estimate of drug-likeness (QED) is 0.102. The average Bonchev–Trinajstić information content (AvgIpc) is 4.20. The number of alkyl carbamates (subject to hydrolysis) is 2. The van der Waals surface area contributed by atoms with Crippen molar-refractivity contribution in [1.82, 2.24) is 40.4 Å². The van der Waals surface area contributed by atoms with Crippen LogP contribution in [0.3, 0.4) is 0 Å². The van der Waals surface area contributed by atoms with E-state index in [1.807, 2.05) is 22.2 Å². The molecule has 2 aromatic heterocycles. The molecule has 64 heavy (non-hydrogen) atoms. The van der Waals surface area contributed by atoms with E-state index in [1.54, 1.807) is 0 Å². The van der Waals surface area contributed by atoms with E-state index in [-0.39, 0.29) is 35.7 Å². The van der Waals surface area contributed by atoms with Crippen LogP contribution in [0.5, 0.6) is 0 Å². The van der Waals surface area contributed by atoms with Crippen LogP contribution in [0.2, 0.25) is 0 Å². The van der Waals surface area contributed by atoms with E-state index in [0.717, 1.165) is 114 Å². The highest BCUT2D eigenvalue weighted by molar-refractivity contribution is 5.91. The molecule has 4 atom stereocenters. The van der Waals surface area contributed by atoms with E-state index in [1.165, 1.54) is 14.2 Å². The number of fused-ring (bicyclic) bond motifs is 1. The zero-order valence-corrected chi connectivity index (χ0v) is 36.6. The third-order valence-corrected chi connectivity index (χ3v) is 13.9. The number of amides is 4. The number of ether oxygens (including phenoxy) is 3. The summed E-state index contributed by atoms with van der Waals surface area (Å²) in [6, 6.07) is 19.5. The van der Waals surface area contributed by atoms with Crippen LogP contribution < -0.4 is 10.6 Å². The molecular weight excluding hydrogens is 813 g/mol. The second-order valence-electron chi connectivity index (χ2n) is 17.7. The molecule has 4 amide bonds. The number of likely N-dealkylation sites (tertiary alicyclic amines) is 2. The summed E-state index contributed by atoms with van der Waals surface area (Å²) < 4.78 is 15.3.